The van der Waals surface area contributed by atoms with Crippen molar-refractivity contribution in [2.24, 2.45) is 4.99 Å². The molecule has 1 atom stereocenters. The first-order valence-electron chi connectivity index (χ1n) is 13.9. The zero-order valence-electron chi connectivity index (χ0n) is 24.5. The Balaban J connectivity index is 1.64. The molecule has 47 heavy (non-hydrogen) atoms. The number of nitrogens with zero attached hydrogens (tertiary/aromatic N) is 2. The number of aromatic nitrogens is 1. The first-order chi connectivity index (χ1) is 22.3. The molecule has 0 spiro atoms. The van der Waals surface area contributed by atoms with E-state index in [1.807, 2.05) is 0 Å². The highest BCUT2D eigenvalue weighted by molar-refractivity contribution is 7.07. The number of rotatable bonds is 9. The minimum atomic E-state index is -5.03. The van der Waals surface area contributed by atoms with Crippen LogP contribution in [0.3, 0.4) is 0 Å². The van der Waals surface area contributed by atoms with Crippen molar-refractivity contribution in [2.45, 2.75) is 32.7 Å². The molecule has 1 aliphatic rings. The Morgan fingerprint density at radius 2 is 1.68 bits per heavy atom. The van der Waals surface area contributed by atoms with Crippen molar-refractivity contribution in [1.82, 2.24) is 4.57 Å². The number of esters is 1. The molecule has 0 N–H and O–H groups in total. The summed E-state index contributed by atoms with van der Waals surface area (Å²) < 4.78 is 60.9. The third-order valence-electron chi connectivity index (χ3n) is 6.78. The second kappa shape index (κ2) is 14.3. The highest BCUT2D eigenvalue weighted by Gasteiger charge is 2.45. The number of thiazole rings is 1. The van der Waals surface area contributed by atoms with Gasteiger partial charge >= 0.3 is 12.1 Å². The van der Waals surface area contributed by atoms with E-state index >= 15 is 0 Å². The van der Waals surface area contributed by atoms with Crippen LogP contribution in [0, 0.1) is 0 Å². The molecule has 246 valence electrons. The molecule has 0 saturated carbocycles. The summed E-state index contributed by atoms with van der Waals surface area (Å²) in [6.45, 7) is 3.37. The number of carbonyl (C=O) groups excluding carboxylic acids is 1. The van der Waals surface area contributed by atoms with Crippen LogP contribution in [0.5, 0.6) is 11.5 Å². The van der Waals surface area contributed by atoms with Crippen LogP contribution in [-0.2, 0) is 16.1 Å². The van der Waals surface area contributed by atoms with Crippen molar-refractivity contribution >= 4 is 69.8 Å². The quantitative estimate of drug-likeness (QED) is 0.163. The molecule has 0 saturated heterocycles. The maximum absolute atomic E-state index is 14.4. The van der Waals surface area contributed by atoms with Gasteiger partial charge in [-0.05, 0) is 73.0 Å². The van der Waals surface area contributed by atoms with Crippen LogP contribution in [0.25, 0.3) is 6.08 Å². The van der Waals surface area contributed by atoms with Crippen LogP contribution < -0.4 is 24.4 Å². The summed E-state index contributed by atoms with van der Waals surface area (Å²) in [5, 5.41) is 1.21. The van der Waals surface area contributed by atoms with Gasteiger partial charge in [0.15, 0.2) is 22.0 Å². The zero-order chi connectivity index (χ0) is 34.0. The third kappa shape index (κ3) is 7.49. The fourth-order valence-corrected chi connectivity index (χ4v) is 6.53. The molecule has 0 unspecified atom stereocenters. The van der Waals surface area contributed by atoms with E-state index in [-0.39, 0.29) is 51.2 Å². The third-order valence-corrected chi connectivity index (χ3v) is 9.03. The van der Waals surface area contributed by atoms with Crippen LogP contribution >= 0.6 is 57.7 Å². The van der Waals surface area contributed by atoms with E-state index in [4.69, 9.17) is 60.6 Å². The van der Waals surface area contributed by atoms with Crippen LogP contribution in [0.2, 0.25) is 20.1 Å². The van der Waals surface area contributed by atoms with E-state index < -0.39 is 35.0 Å². The molecule has 15 heteroatoms. The fraction of sp³-hybridized carbons (Fsp3) is 0.219. The Labute approximate surface area is 290 Å². The lowest BCUT2D eigenvalue weighted by Crippen LogP contribution is -2.41. The van der Waals surface area contributed by atoms with E-state index in [1.165, 1.54) is 43.3 Å². The van der Waals surface area contributed by atoms with Gasteiger partial charge in [-0.25, -0.2) is 9.79 Å². The average Bonchev–Trinajstić information content (AvgIpc) is 3.32. The smallest absolute Gasteiger partial charge is 0.434 e. The fourth-order valence-electron chi connectivity index (χ4n) is 4.81. The summed E-state index contributed by atoms with van der Waals surface area (Å²) in [7, 11) is 0. The van der Waals surface area contributed by atoms with Crippen LogP contribution in [0.1, 0.15) is 36.6 Å². The Kier molecular flexibility index (Phi) is 10.6. The van der Waals surface area contributed by atoms with Gasteiger partial charge in [0.05, 0.1) is 44.4 Å². The van der Waals surface area contributed by atoms with E-state index in [9.17, 15) is 22.8 Å². The number of fused-ring (bicyclic) bond motifs is 1. The summed E-state index contributed by atoms with van der Waals surface area (Å²) >= 11 is 25.5. The Morgan fingerprint density at radius 3 is 2.32 bits per heavy atom. The van der Waals surface area contributed by atoms with Gasteiger partial charge in [0.2, 0.25) is 0 Å². The normalized spacial score (nSPS) is 14.9. The first kappa shape index (κ1) is 34.8. The zero-order valence-corrected chi connectivity index (χ0v) is 28.3. The van der Waals surface area contributed by atoms with Crippen molar-refractivity contribution in [1.29, 1.82) is 0 Å². The lowest BCUT2D eigenvalue weighted by molar-refractivity contribution is -0.140. The number of benzene rings is 3. The Bertz CT molecular complexity index is 2060. The molecular formula is C32H23Cl4F3N2O5S. The van der Waals surface area contributed by atoms with E-state index in [0.29, 0.717) is 20.6 Å². The Hall–Kier alpha value is -3.48. The van der Waals surface area contributed by atoms with Gasteiger partial charge in [0.1, 0.15) is 6.61 Å². The minimum Gasteiger partial charge on any atom is -0.490 e. The molecule has 0 amide bonds. The van der Waals surface area contributed by atoms with Crippen molar-refractivity contribution in [3.63, 3.8) is 0 Å². The van der Waals surface area contributed by atoms with Gasteiger partial charge in [-0.1, -0.05) is 75.9 Å². The highest BCUT2D eigenvalue weighted by Crippen LogP contribution is 2.40. The average molecular weight is 746 g/mol. The molecular weight excluding hydrogens is 723 g/mol. The van der Waals surface area contributed by atoms with Crippen molar-refractivity contribution < 1.29 is 32.2 Å². The molecule has 7 nitrogen and oxygen atoms in total. The second-order valence-corrected chi connectivity index (χ2v) is 12.6. The maximum Gasteiger partial charge on any atom is 0.434 e. The van der Waals surface area contributed by atoms with Gasteiger partial charge in [0, 0.05) is 5.02 Å². The molecule has 5 rings (SSSR count). The van der Waals surface area contributed by atoms with Crippen LogP contribution in [0.15, 0.2) is 75.7 Å². The standard InChI is InChI=1S/C32H23Cl4F3N2O5S/c1-3-44-23-13-17(12-22(36)27(23)46-15-16-5-10-20(34)21(35)11-16)14-24-29(42)41-26(18-6-8-19(33)9-7-18)25(30(43)45-4-2)28(32(37,38)39)40-31(41)47-24/h5-14,26H,3-4,15H2,1-2H3/b24-14-/t26-/m1/s1. The maximum atomic E-state index is 14.4. The molecule has 0 aliphatic carbocycles. The van der Waals surface area contributed by atoms with Crippen molar-refractivity contribution in [3.8, 4) is 11.5 Å². The number of halogens is 7. The van der Waals surface area contributed by atoms with Gasteiger partial charge in [-0.3, -0.25) is 9.36 Å². The predicted molar refractivity (Wildman–Crippen MR) is 176 cm³/mol. The van der Waals surface area contributed by atoms with Crippen molar-refractivity contribution in [3.05, 3.63) is 122 Å². The van der Waals surface area contributed by atoms with E-state index in [1.54, 1.807) is 31.2 Å². The van der Waals surface area contributed by atoms with Crippen molar-refractivity contribution in [2.75, 3.05) is 13.2 Å². The molecule has 2 heterocycles. The van der Waals surface area contributed by atoms with Crippen LogP contribution in [0.4, 0.5) is 13.2 Å². The number of alkyl halides is 3. The SMILES string of the molecule is CCOC(=O)C1=C(C(F)(F)F)N=c2s/c(=C\c3cc(Cl)c(OCc4ccc(Cl)c(Cl)c4)c(OCC)c3)c(=O)n2[C@@H]1c1ccc(Cl)cc1. The summed E-state index contributed by atoms with van der Waals surface area (Å²) in [5.74, 6) is -0.751. The predicted octanol–water partition coefficient (Wildman–Crippen LogP) is 7.93. The summed E-state index contributed by atoms with van der Waals surface area (Å²) in [6.07, 6.45) is -3.59. The molecule has 0 fully saturated rings. The van der Waals surface area contributed by atoms with Crippen LogP contribution in [-0.4, -0.2) is 29.9 Å². The first-order valence-corrected chi connectivity index (χ1v) is 16.2. The summed E-state index contributed by atoms with van der Waals surface area (Å²) in [5.41, 5.74) is -1.63. The number of ether oxygens (including phenoxy) is 3. The lowest BCUT2D eigenvalue weighted by atomic mass is 9.95. The van der Waals surface area contributed by atoms with Gasteiger partial charge in [-0.2, -0.15) is 13.2 Å². The number of hydrogen-bond donors (Lipinski definition) is 0. The molecule has 3 aromatic carbocycles. The topological polar surface area (TPSA) is 79.1 Å². The largest absolute Gasteiger partial charge is 0.490 e. The number of hydrogen-bond acceptors (Lipinski definition) is 7. The molecule has 0 bridgehead atoms. The monoisotopic (exact) mass is 744 g/mol. The van der Waals surface area contributed by atoms with Gasteiger partial charge < -0.3 is 14.2 Å². The molecule has 0 radical (unpaired) electrons. The summed E-state index contributed by atoms with van der Waals surface area (Å²) in [6, 6.07) is 12.4. The number of carbonyl (C=O) groups is 1. The van der Waals surface area contributed by atoms with Gasteiger partial charge in [-0.15, -0.1) is 0 Å². The molecule has 1 aliphatic heterocycles. The summed E-state index contributed by atoms with van der Waals surface area (Å²) in [4.78, 5) is 30.4. The lowest BCUT2D eigenvalue weighted by Gasteiger charge is -2.26. The highest BCUT2D eigenvalue weighted by atomic mass is 35.5. The number of allylic oxidation sites excluding steroid dienone is 1. The Morgan fingerprint density at radius 1 is 0.957 bits per heavy atom. The van der Waals surface area contributed by atoms with E-state index in [0.717, 1.165) is 21.5 Å². The molecule has 4 aromatic rings. The second-order valence-electron chi connectivity index (χ2n) is 9.91. The van der Waals surface area contributed by atoms with E-state index in [2.05, 4.69) is 4.99 Å². The molecule has 1 aromatic heterocycles. The van der Waals surface area contributed by atoms with Gasteiger partial charge in [0.25, 0.3) is 5.56 Å². The minimum absolute atomic E-state index is 0.0253.